The molecule has 0 bridgehead atoms. The van der Waals surface area contributed by atoms with Crippen LogP contribution in [0.5, 0.6) is 5.75 Å². The molecular weight excluding hydrogens is 318 g/mol. The Hall–Kier alpha value is -1.54. The molecule has 0 radical (unpaired) electrons. The monoisotopic (exact) mass is 355 g/mol. The summed E-state index contributed by atoms with van der Waals surface area (Å²) in [6.07, 6.45) is 10.7. The molecule has 0 fully saturated rings. The smallest absolute Gasteiger partial charge is 0.119 e. The molecule has 0 aliphatic heterocycles. The molecule has 0 amide bonds. The van der Waals surface area contributed by atoms with Crippen LogP contribution in [0.4, 0.5) is 0 Å². The zero-order valence-electron chi connectivity index (χ0n) is 16.9. The van der Waals surface area contributed by atoms with Crippen molar-refractivity contribution in [2.45, 2.75) is 65.2 Å². The molecule has 0 saturated heterocycles. The molecule has 2 aromatic rings. The van der Waals surface area contributed by atoms with Crippen molar-refractivity contribution in [1.82, 2.24) is 4.90 Å². The molecule has 0 N–H and O–H groups in total. The Morgan fingerprint density at radius 2 is 1.31 bits per heavy atom. The predicted octanol–water partition coefficient (Wildman–Crippen LogP) is 6.68. The Morgan fingerprint density at radius 3 is 2.00 bits per heavy atom. The largest absolute Gasteiger partial charge is 0.494 e. The number of nitrogens with zero attached hydrogens (tertiary/aromatic N) is 1. The topological polar surface area (TPSA) is 12.5 Å². The van der Waals surface area contributed by atoms with E-state index in [0.29, 0.717) is 0 Å². The van der Waals surface area contributed by atoms with Crippen molar-refractivity contribution in [2.24, 2.45) is 0 Å². The van der Waals surface area contributed by atoms with E-state index in [9.17, 15) is 0 Å². The number of unbranched alkanes of at least 4 members (excludes halogenated alkanes) is 7. The van der Waals surface area contributed by atoms with E-state index in [1.807, 2.05) is 0 Å². The highest BCUT2D eigenvalue weighted by Crippen LogP contribution is 2.20. The van der Waals surface area contributed by atoms with Gasteiger partial charge >= 0.3 is 0 Å². The fourth-order valence-corrected chi connectivity index (χ4v) is 3.49. The lowest BCUT2D eigenvalue weighted by Gasteiger charge is -2.17. The minimum absolute atomic E-state index is 0.836. The minimum atomic E-state index is 0.836. The van der Waals surface area contributed by atoms with E-state index in [1.54, 1.807) is 0 Å². The first-order chi connectivity index (χ1) is 12.8. The zero-order chi connectivity index (χ0) is 18.5. The van der Waals surface area contributed by atoms with Gasteiger partial charge in [0.2, 0.25) is 0 Å². The molecule has 2 nitrogen and oxygen atoms in total. The van der Waals surface area contributed by atoms with Gasteiger partial charge in [-0.3, -0.25) is 0 Å². The average Bonchev–Trinajstić information content (AvgIpc) is 2.69. The Balaban J connectivity index is 1.44. The Labute approximate surface area is 160 Å². The maximum atomic E-state index is 5.91. The lowest BCUT2D eigenvalue weighted by atomic mass is 10.1. The summed E-state index contributed by atoms with van der Waals surface area (Å²) < 4.78 is 5.91. The van der Waals surface area contributed by atoms with Crippen molar-refractivity contribution in [3.8, 4) is 5.75 Å². The molecule has 0 aliphatic carbocycles. The third-order valence-corrected chi connectivity index (χ3v) is 5.25. The molecular formula is C24H37NO. The van der Waals surface area contributed by atoms with E-state index in [4.69, 9.17) is 4.74 Å². The molecule has 2 aromatic carbocycles. The lowest BCUT2D eigenvalue weighted by molar-refractivity contribution is 0.294. The van der Waals surface area contributed by atoms with Crippen LogP contribution >= 0.6 is 0 Å². The molecule has 2 rings (SSSR count). The molecule has 0 unspecified atom stereocenters. The van der Waals surface area contributed by atoms with Gasteiger partial charge in [-0.15, -0.1) is 0 Å². The molecule has 0 aliphatic rings. The number of ether oxygens (including phenoxy) is 1. The molecule has 0 heterocycles. The van der Waals surface area contributed by atoms with Gasteiger partial charge in [-0.25, -0.2) is 0 Å². The highest BCUT2D eigenvalue weighted by Gasteiger charge is 1.99. The normalized spacial score (nSPS) is 11.3. The van der Waals surface area contributed by atoms with Gasteiger partial charge in [-0.05, 0) is 55.4 Å². The van der Waals surface area contributed by atoms with Gasteiger partial charge in [0.05, 0.1) is 6.61 Å². The molecule has 0 saturated carbocycles. The first kappa shape index (κ1) is 20.8. The average molecular weight is 356 g/mol. The zero-order valence-corrected chi connectivity index (χ0v) is 16.9. The van der Waals surface area contributed by atoms with Gasteiger partial charge in [0.15, 0.2) is 0 Å². The van der Waals surface area contributed by atoms with Crippen LogP contribution in [0.2, 0.25) is 0 Å². The molecule has 26 heavy (non-hydrogen) atoms. The van der Waals surface area contributed by atoms with Crippen LogP contribution in [0.15, 0.2) is 42.5 Å². The van der Waals surface area contributed by atoms with Gasteiger partial charge in [-0.2, -0.15) is 0 Å². The fourth-order valence-electron chi connectivity index (χ4n) is 3.49. The number of rotatable bonds is 14. The third-order valence-electron chi connectivity index (χ3n) is 5.25. The van der Waals surface area contributed by atoms with E-state index in [1.165, 1.54) is 75.4 Å². The van der Waals surface area contributed by atoms with Crippen molar-refractivity contribution in [3.05, 3.63) is 42.5 Å². The molecule has 0 aromatic heterocycles. The first-order valence-electron chi connectivity index (χ1n) is 10.7. The fraction of sp³-hybridized carbons (Fsp3) is 0.583. The van der Waals surface area contributed by atoms with E-state index < -0.39 is 0 Å². The van der Waals surface area contributed by atoms with Gasteiger partial charge in [0.1, 0.15) is 5.75 Å². The standard InChI is InChI=1S/C24H37NO/c1-3-25(4-2)19-13-9-7-5-6-8-10-14-20-26-24-18-17-22-15-11-12-16-23(22)21-24/h11-12,15-18,21H,3-10,13-14,19-20H2,1-2H3. The maximum Gasteiger partial charge on any atom is 0.119 e. The van der Waals surface area contributed by atoms with Crippen LogP contribution in [0.25, 0.3) is 10.8 Å². The van der Waals surface area contributed by atoms with E-state index in [0.717, 1.165) is 18.8 Å². The number of hydrogen-bond donors (Lipinski definition) is 0. The van der Waals surface area contributed by atoms with Crippen molar-refractivity contribution in [1.29, 1.82) is 0 Å². The number of benzene rings is 2. The van der Waals surface area contributed by atoms with Gasteiger partial charge in [0.25, 0.3) is 0 Å². The molecule has 0 atom stereocenters. The van der Waals surface area contributed by atoms with Crippen molar-refractivity contribution >= 4 is 10.8 Å². The van der Waals surface area contributed by atoms with Crippen molar-refractivity contribution in [3.63, 3.8) is 0 Å². The van der Waals surface area contributed by atoms with Crippen molar-refractivity contribution < 1.29 is 4.74 Å². The van der Waals surface area contributed by atoms with E-state index in [2.05, 4.69) is 61.2 Å². The number of fused-ring (bicyclic) bond motifs is 1. The van der Waals surface area contributed by atoms with Gasteiger partial charge < -0.3 is 9.64 Å². The summed E-state index contributed by atoms with van der Waals surface area (Å²) in [4.78, 5) is 2.52. The Kier molecular flexibility index (Phi) is 10.2. The van der Waals surface area contributed by atoms with Crippen molar-refractivity contribution in [2.75, 3.05) is 26.2 Å². The summed E-state index contributed by atoms with van der Waals surface area (Å²) in [6.45, 7) is 9.01. The van der Waals surface area contributed by atoms with Crippen LogP contribution in [0.3, 0.4) is 0 Å². The van der Waals surface area contributed by atoms with Crippen LogP contribution in [0, 0.1) is 0 Å². The van der Waals surface area contributed by atoms with Gasteiger partial charge in [0, 0.05) is 0 Å². The summed E-state index contributed by atoms with van der Waals surface area (Å²) >= 11 is 0. The molecule has 2 heteroatoms. The summed E-state index contributed by atoms with van der Waals surface area (Å²) in [5.74, 6) is 0.997. The second-order valence-electron chi connectivity index (χ2n) is 7.21. The summed E-state index contributed by atoms with van der Waals surface area (Å²) in [6, 6.07) is 14.8. The predicted molar refractivity (Wildman–Crippen MR) is 114 cm³/mol. The highest BCUT2D eigenvalue weighted by molar-refractivity contribution is 5.83. The lowest BCUT2D eigenvalue weighted by Crippen LogP contribution is -2.23. The van der Waals surface area contributed by atoms with Crippen LogP contribution in [-0.4, -0.2) is 31.1 Å². The Bertz CT molecular complexity index is 606. The second-order valence-corrected chi connectivity index (χ2v) is 7.21. The van der Waals surface area contributed by atoms with E-state index in [-0.39, 0.29) is 0 Å². The van der Waals surface area contributed by atoms with Crippen LogP contribution < -0.4 is 4.74 Å². The molecule has 0 spiro atoms. The first-order valence-corrected chi connectivity index (χ1v) is 10.7. The van der Waals surface area contributed by atoms with Gasteiger partial charge in [-0.1, -0.05) is 82.7 Å². The Morgan fingerprint density at radius 1 is 0.692 bits per heavy atom. The second kappa shape index (κ2) is 12.8. The minimum Gasteiger partial charge on any atom is -0.494 e. The SMILES string of the molecule is CCN(CC)CCCCCCCCCCOc1ccc2ccccc2c1. The molecule has 144 valence electrons. The number of hydrogen-bond acceptors (Lipinski definition) is 2. The van der Waals surface area contributed by atoms with Crippen LogP contribution in [0.1, 0.15) is 65.2 Å². The third kappa shape index (κ3) is 7.78. The summed E-state index contributed by atoms with van der Waals surface area (Å²) in [5.41, 5.74) is 0. The summed E-state index contributed by atoms with van der Waals surface area (Å²) in [5, 5.41) is 2.53. The van der Waals surface area contributed by atoms with E-state index >= 15 is 0 Å². The van der Waals surface area contributed by atoms with Crippen LogP contribution in [-0.2, 0) is 0 Å². The maximum absolute atomic E-state index is 5.91. The quantitative estimate of drug-likeness (QED) is 0.350. The highest BCUT2D eigenvalue weighted by atomic mass is 16.5. The summed E-state index contributed by atoms with van der Waals surface area (Å²) in [7, 11) is 0.